The minimum absolute atomic E-state index is 0.144. The van der Waals surface area contributed by atoms with E-state index < -0.39 is 5.54 Å². The van der Waals surface area contributed by atoms with Gasteiger partial charge >= 0.3 is 0 Å². The van der Waals surface area contributed by atoms with E-state index in [-0.39, 0.29) is 17.8 Å². The lowest BCUT2D eigenvalue weighted by molar-refractivity contribution is -0.129. The quantitative estimate of drug-likeness (QED) is 0.720. The second kappa shape index (κ2) is 7.20. The second-order valence-corrected chi connectivity index (χ2v) is 6.68. The smallest absolute Gasteiger partial charge is 0.266 e. The van der Waals surface area contributed by atoms with Gasteiger partial charge in [0, 0.05) is 30.7 Å². The van der Waals surface area contributed by atoms with Gasteiger partial charge in [-0.25, -0.2) is 4.99 Å². The number of pyridine rings is 1. The monoisotopic (exact) mass is 385 g/mol. The van der Waals surface area contributed by atoms with Gasteiger partial charge in [-0.3, -0.25) is 19.5 Å². The van der Waals surface area contributed by atoms with Crippen LogP contribution in [-0.4, -0.2) is 34.7 Å². The molecular weight excluding hydrogens is 366 g/mol. The zero-order valence-electron chi connectivity index (χ0n) is 15.7. The molecule has 1 aliphatic heterocycles. The lowest BCUT2D eigenvalue weighted by Crippen LogP contribution is -2.41. The molecule has 0 radical (unpaired) electrons. The molecular formula is C22H19N5O2. The van der Waals surface area contributed by atoms with Gasteiger partial charge < -0.3 is 11.1 Å². The van der Waals surface area contributed by atoms with Gasteiger partial charge in [0.25, 0.3) is 11.8 Å². The topological polar surface area (TPSA) is 101 Å². The number of rotatable bonds is 4. The Hall–Kier alpha value is -4.00. The first-order valence-corrected chi connectivity index (χ1v) is 9.03. The average molecular weight is 385 g/mol. The molecule has 0 bridgehead atoms. The third-order valence-corrected chi connectivity index (χ3v) is 4.91. The molecule has 3 aromatic rings. The van der Waals surface area contributed by atoms with E-state index in [1.54, 1.807) is 49.8 Å². The highest BCUT2D eigenvalue weighted by molar-refractivity contribution is 6.09. The van der Waals surface area contributed by atoms with E-state index in [0.717, 1.165) is 0 Å². The van der Waals surface area contributed by atoms with Crippen LogP contribution < -0.4 is 11.1 Å². The van der Waals surface area contributed by atoms with Gasteiger partial charge in [0.2, 0.25) is 0 Å². The van der Waals surface area contributed by atoms with E-state index in [0.29, 0.717) is 22.4 Å². The summed E-state index contributed by atoms with van der Waals surface area (Å²) >= 11 is 0. The van der Waals surface area contributed by atoms with Gasteiger partial charge in [-0.2, -0.15) is 0 Å². The molecule has 1 unspecified atom stereocenters. The first kappa shape index (κ1) is 18.4. The van der Waals surface area contributed by atoms with E-state index in [1.165, 1.54) is 4.90 Å². The van der Waals surface area contributed by atoms with E-state index in [2.05, 4.69) is 15.3 Å². The molecule has 0 fully saturated rings. The molecule has 4 rings (SSSR count). The minimum Gasteiger partial charge on any atom is -0.369 e. The fraction of sp³-hybridized carbons (Fsp3) is 0.0909. The SMILES string of the molecule is CN1C(=O)C(c2ccccc2)(c2cccc(NC(=O)c3ccncc3)c2)N=C1N. The number of aromatic nitrogens is 1. The highest BCUT2D eigenvalue weighted by Crippen LogP contribution is 2.39. The molecule has 0 aliphatic carbocycles. The van der Waals surface area contributed by atoms with Crippen LogP contribution in [0.25, 0.3) is 0 Å². The Balaban J connectivity index is 1.77. The molecule has 7 heteroatoms. The van der Waals surface area contributed by atoms with Gasteiger partial charge in [0.05, 0.1) is 0 Å². The van der Waals surface area contributed by atoms with Crippen LogP contribution in [-0.2, 0) is 10.3 Å². The number of nitrogens with two attached hydrogens (primary N) is 1. The van der Waals surface area contributed by atoms with Gasteiger partial charge in [-0.05, 0) is 35.4 Å². The maximum atomic E-state index is 13.2. The molecule has 7 nitrogen and oxygen atoms in total. The maximum absolute atomic E-state index is 13.2. The fourth-order valence-electron chi connectivity index (χ4n) is 3.39. The van der Waals surface area contributed by atoms with Gasteiger partial charge in [0.1, 0.15) is 0 Å². The number of likely N-dealkylation sites (N-methyl/N-ethyl adjacent to an activating group) is 1. The van der Waals surface area contributed by atoms with Crippen molar-refractivity contribution in [1.82, 2.24) is 9.88 Å². The van der Waals surface area contributed by atoms with Crippen LogP contribution in [0.4, 0.5) is 5.69 Å². The van der Waals surface area contributed by atoms with Crippen LogP contribution in [0.3, 0.4) is 0 Å². The van der Waals surface area contributed by atoms with Crippen molar-refractivity contribution in [2.75, 3.05) is 12.4 Å². The van der Waals surface area contributed by atoms with Crippen LogP contribution in [0.5, 0.6) is 0 Å². The maximum Gasteiger partial charge on any atom is 0.266 e. The average Bonchev–Trinajstić information content (AvgIpc) is 3.00. The van der Waals surface area contributed by atoms with Crippen LogP contribution in [0, 0.1) is 0 Å². The molecule has 1 aromatic heterocycles. The Labute approximate surface area is 167 Å². The molecule has 2 heterocycles. The first-order chi connectivity index (χ1) is 14.0. The summed E-state index contributed by atoms with van der Waals surface area (Å²) in [5, 5.41) is 2.86. The summed E-state index contributed by atoms with van der Waals surface area (Å²) in [6.07, 6.45) is 3.11. The summed E-state index contributed by atoms with van der Waals surface area (Å²) < 4.78 is 0. The lowest BCUT2D eigenvalue weighted by atomic mass is 9.82. The van der Waals surface area contributed by atoms with E-state index in [4.69, 9.17) is 5.73 Å². The minimum atomic E-state index is -1.29. The standard InChI is InChI=1S/C22H19N5O2/c1-27-20(29)22(26-21(27)23,16-6-3-2-4-7-16)17-8-5-9-18(14-17)25-19(28)15-10-12-24-13-11-15/h2-14H,1H3,(H2,23,26)(H,25,28). The lowest BCUT2D eigenvalue weighted by Gasteiger charge is -2.26. The molecule has 3 N–H and O–H groups in total. The number of nitrogens with one attached hydrogen (secondary N) is 1. The van der Waals surface area contributed by atoms with Crippen molar-refractivity contribution in [3.8, 4) is 0 Å². The summed E-state index contributed by atoms with van der Waals surface area (Å²) in [5.74, 6) is -0.375. The molecule has 0 saturated heterocycles. The van der Waals surface area contributed by atoms with Crippen LogP contribution in [0.1, 0.15) is 21.5 Å². The zero-order valence-corrected chi connectivity index (χ0v) is 15.7. The van der Waals surface area contributed by atoms with Crippen LogP contribution in [0.2, 0.25) is 0 Å². The van der Waals surface area contributed by atoms with E-state index >= 15 is 0 Å². The predicted octanol–water partition coefficient (Wildman–Crippen LogP) is 2.36. The number of amides is 2. The molecule has 1 aliphatic rings. The largest absolute Gasteiger partial charge is 0.369 e. The van der Waals surface area contributed by atoms with Gasteiger partial charge in [0.15, 0.2) is 11.5 Å². The van der Waals surface area contributed by atoms with E-state index in [1.807, 2.05) is 36.4 Å². The van der Waals surface area contributed by atoms with Crippen molar-refractivity contribution < 1.29 is 9.59 Å². The highest BCUT2D eigenvalue weighted by atomic mass is 16.2. The zero-order chi connectivity index (χ0) is 20.4. The summed E-state index contributed by atoms with van der Waals surface area (Å²) in [6.45, 7) is 0. The predicted molar refractivity (Wildman–Crippen MR) is 110 cm³/mol. The number of nitrogens with zero attached hydrogens (tertiary/aromatic N) is 3. The van der Waals surface area contributed by atoms with Gasteiger partial charge in [-0.1, -0.05) is 42.5 Å². The molecule has 29 heavy (non-hydrogen) atoms. The second-order valence-electron chi connectivity index (χ2n) is 6.68. The third-order valence-electron chi connectivity index (χ3n) is 4.91. The summed E-state index contributed by atoms with van der Waals surface area (Å²) in [6, 6.07) is 19.6. The normalized spacial score (nSPS) is 18.4. The van der Waals surface area contributed by atoms with Crippen molar-refractivity contribution in [3.63, 3.8) is 0 Å². The number of hydrogen-bond donors (Lipinski definition) is 2. The van der Waals surface area contributed by atoms with Crippen molar-refractivity contribution >= 4 is 23.5 Å². The van der Waals surface area contributed by atoms with Crippen LogP contribution in [0.15, 0.2) is 84.1 Å². The number of anilines is 1. The van der Waals surface area contributed by atoms with Crippen LogP contribution >= 0.6 is 0 Å². The summed E-state index contributed by atoms with van der Waals surface area (Å²) in [5.41, 5.74) is 7.06. The highest BCUT2D eigenvalue weighted by Gasteiger charge is 2.49. The van der Waals surface area contributed by atoms with Crippen molar-refractivity contribution in [3.05, 3.63) is 95.8 Å². The van der Waals surface area contributed by atoms with E-state index in [9.17, 15) is 9.59 Å². The Bertz CT molecular complexity index is 1100. The number of carbonyl (C=O) groups is 2. The summed E-state index contributed by atoms with van der Waals surface area (Å²) in [4.78, 5) is 35.5. The summed E-state index contributed by atoms with van der Waals surface area (Å²) in [7, 11) is 1.60. The van der Waals surface area contributed by atoms with Gasteiger partial charge in [-0.15, -0.1) is 0 Å². The Morgan fingerprint density at radius 1 is 1.00 bits per heavy atom. The fourth-order valence-corrected chi connectivity index (χ4v) is 3.39. The first-order valence-electron chi connectivity index (χ1n) is 9.03. The Morgan fingerprint density at radius 2 is 1.69 bits per heavy atom. The number of carbonyl (C=O) groups excluding carboxylic acids is 2. The number of aliphatic imine (C=N–C) groups is 1. The van der Waals surface area contributed by atoms with Crippen molar-refractivity contribution in [1.29, 1.82) is 0 Å². The van der Waals surface area contributed by atoms with Crippen molar-refractivity contribution in [2.24, 2.45) is 10.7 Å². The number of guanidine groups is 1. The number of benzene rings is 2. The van der Waals surface area contributed by atoms with Crippen molar-refractivity contribution in [2.45, 2.75) is 5.54 Å². The molecule has 0 saturated carbocycles. The molecule has 0 spiro atoms. The third kappa shape index (κ3) is 3.12. The molecule has 2 amide bonds. The molecule has 2 aromatic carbocycles. The Morgan fingerprint density at radius 3 is 2.34 bits per heavy atom. The number of hydrogen-bond acceptors (Lipinski definition) is 5. The molecule has 144 valence electrons. The molecule has 1 atom stereocenters. The Kier molecular flexibility index (Phi) is 4.56.